The molecular formula is C77H132O6. The van der Waals surface area contributed by atoms with Crippen LogP contribution in [0.15, 0.2) is 109 Å². The summed E-state index contributed by atoms with van der Waals surface area (Å²) in [4.78, 5) is 38.5. The van der Waals surface area contributed by atoms with E-state index in [1.807, 2.05) is 0 Å². The lowest BCUT2D eigenvalue weighted by Gasteiger charge is -2.18. The van der Waals surface area contributed by atoms with Crippen LogP contribution in [0, 0.1) is 0 Å². The third kappa shape index (κ3) is 68.7. The minimum Gasteiger partial charge on any atom is -0.462 e. The molecule has 0 spiro atoms. The topological polar surface area (TPSA) is 78.9 Å². The maximum Gasteiger partial charge on any atom is 0.306 e. The highest BCUT2D eigenvalue weighted by Gasteiger charge is 2.19. The molecule has 6 heteroatoms. The smallest absolute Gasteiger partial charge is 0.306 e. The molecule has 0 bridgehead atoms. The summed E-state index contributed by atoms with van der Waals surface area (Å²) in [6, 6.07) is 0. The molecule has 1 unspecified atom stereocenters. The maximum absolute atomic E-state index is 13.0. The number of rotatable bonds is 64. The summed E-state index contributed by atoms with van der Waals surface area (Å²) in [6.45, 7) is 6.53. The van der Waals surface area contributed by atoms with Crippen LogP contribution < -0.4 is 0 Å². The SMILES string of the molecule is CC/C=C\C/C=C\C/C=C\C/C=C\C/C=C\C/C=C\C/C=C\CCCCCC(=O)OCC(COC(=O)CCCCCCCCCCC/C=C\CCCCCCCC)OC(=O)CCCCCCCCCCC/C=C\CCCCCCCCCC. The quantitative estimate of drug-likeness (QED) is 0.0261. The van der Waals surface area contributed by atoms with Crippen LogP contribution in [0.2, 0.25) is 0 Å². The Morgan fingerprint density at radius 3 is 0.759 bits per heavy atom. The molecule has 0 aliphatic carbocycles. The van der Waals surface area contributed by atoms with Gasteiger partial charge in [-0.3, -0.25) is 14.4 Å². The van der Waals surface area contributed by atoms with E-state index in [1.54, 1.807) is 0 Å². The standard InChI is InChI=1S/C77H132O6/c1-4-7-10-13-16-19-22-25-28-31-34-36-37-38-39-41-43-46-49-52-55-58-61-64-67-70-76(79)82-73-74(72-81-75(78)69-66-63-60-57-54-51-48-45-42-33-30-27-24-21-18-15-12-9-6-3)83-77(80)71-68-65-62-59-56-53-50-47-44-40-35-32-29-26-23-20-17-14-11-8-5-2/h7,10,16,19,25,27-28,30,32,34-36,38-39,43,46,52,55,74H,4-6,8-9,11-15,17-18,20-24,26,29,31,33,37,40-42,44-45,47-51,53-54,56-73H2,1-3H3/b10-7-,19-16-,28-25-,30-27-,35-32-,36-34-,39-38-,46-43-,55-52-. The largest absolute Gasteiger partial charge is 0.462 e. The fourth-order valence-electron chi connectivity index (χ4n) is 9.94. The van der Waals surface area contributed by atoms with Gasteiger partial charge in [0, 0.05) is 19.3 Å². The lowest BCUT2D eigenvalue weighted by atomic mass is 10.1. The van der Waals surface area contributed by atoms with Gasteiger partial charge in [0.05, 0.1) is 0 Å². The van der Waals surface area contributed by atoms with Crippen molar-refractivity contribution in [2.24, 2.45) is 0 Å². The summed E-state index contributed by atoms with van der Waals surface area (Å²) in [6.07, 6.45) is 96.7. The zero-order chi connectivity index (χ0) is 59.9. The van der Waals surface area contributed by atoms with Gasteiger partial charge in [0.2, 0.25) is 0 Å². The van der Waals surface area contributed by atoms with E-state index >= 15 is 0 Å². The lowest BCUT2D eigenvalue weighted by Crippen LogP contribution is -2.30. The third-order valence-corrected chi connectivity index (χ3v) is 15.2. The molecule has 0 saturated carbocycles. The predicted molar refractivity (Wildman–Crippen MR) is 362 cm³/mol. The van der Waals surface area contributed by atoms with Gasteiger partial charge in [-0.1, -0.05) is 304 Å². The summed E-state index contributed by atoms with van der Waals surface area (Å²) in [5.74, 6) is -0.914. The number of carbonyl (C=O) groups is 3. The van der Waals surface area contributed by atoms with Crippen LogP contribution in [-0.2, 0) is 28.6 Å². The van der Waals surface area contributed by atoms with Crippen molar-refractivity contribution >= 4 is 17.9 Å². The molecule has 0 aromatic rings. The minimum atomic E-state index is -0.798. The second kappa shape index (κ2) is 70.6. The van der Waals surface area contributed by atoms with Crippen LogP contribution in [0.3, 0.4) is 0 Å². The highest BCUT2D eigenvalue weighted by Crippen LogP contribution is 2.16. The molecule has 6 nitrogen and oxygen atoms in total. The normalized spacial score (nSPS) is 12.8. The summed E-state index contributed by atoms with van der Waals surface area (Å²) in [7, 11) is 0. The molecular weight excluding hydrogens is 1020 g/mol. The van der Waals surface area contributed by atoms with Crippen LogP contribution in [0.1, 0.15) is 342 Å². The summed E-state index contributed by atoms with van der Waals surface area (Å²) >= 11 is 0. The number of unbranched alkanes of at least 4 members (excludes halogenated alkanes) is 35. The highest BCUT2D eigenvalue weighted by atomic mass is 16.6. The van der Waals surface area contributed by atoms with Gasteiger partial charge < -0.3 is 14.2 Å². The number of hydrogen-bond acceptors (Lipinski definition) is 6. The second-order valence-electron chi connectivity index (χ2n) is 23.4. The van der Waals surface area contributed by atoms with Gasteiger partial charge in [-0.05, 0) is 128 Å². The van der Waals surface area contributed by atoms with Crippen LogP contribution >= 0.6 is 0 Å². The Morgan fingerprint density at radius 1 is 0.253 bits per heavy atom. The molecule has 0 aliphatic heterocycles. The highest BCUT2D eigenvalue weighted by molar-refractivity contribution is 5.71. The van der Waals surface area contributed by atoms with Crippen molar-refractivity contribution in [3.05, 3.63) is 109 Å². The van der Waals surface area contributed by atoms with Gasteiger partial charge in [0.15, 0.2) is 6.10 Å². The number of hydrogen-bond donors (Lipinski definition) is 0. The van der Waals surface area contributed by atoms with Crippen molar-refractivity contribution < 1.29 is 28.6 Å². The first-order valence-electron chi connectivity index (χ1n) is 35.4. The average molecular weight is 1150 g/mol. The van der Waals surface area contributed by atoms with E-state index in [-0.39, 0.29) is 31.1 Å². The fourth-order valence-corrected chi connectivity index (χ4v) is 9.94. The van der Waals surface area contributed by atoms with Crippen molar-refractivity contribution in [2.75, 3.05) is 13.2 Å². The van der Waals surface area contributed by atoms with Crippen LogP contribution in [0.25, 0.3) is 0 Å². The van der Waals surface area contributed by atoms with E-state index in [4.69, 9.17) is 14.2 Å². The number of carbonyl (C=O) groups excluding carboxylic acids is 3. The zero-order valence-electron chi connectivity index (χ0n) is 54.7. The molecule has 0 N–H and O–H groups in total. The third-order valence-electron chi connectivity index (χ3n) is 15.2. The number of esters is 3. The Kier molecular flexibility index (Phi) is 67.2. The van der Waals surface area contributed by atoms with Gasteiger partial charge in [0.25, 0.3) is 0 Å². The molecule has 0 aromatic heterocycles. The maximum atomic E-state index is 13.0. The molecule has 476 valence electrons. The summed E-state index contributed by atoms with van der Waals surface area (Å²) in [5, 5.41) is 0. The molecule has 0 amide bonds. The van der Waals surface area contributed by atoms with Gasteiger partial charge in [0.1, 0.15) is 13.2 Å². The van der Waals surface area contributed by atoms with Crippen molar-refractivity contribution in [1.82, 2.24) is 0 Å². The molecule has 0 aliphatic rings. The Balaban J connectivity index is 4.45. The number of ether oxygens (including phenoxy) is 3. The lowest BCUT2D eigenvalue weighted by molar-refractivity contribution is -0.167. The summed E-state index contributed by atoms with van der Waals surface area (Å²) < 4.78 is 17.0. The van der Waals surface area contributed by atoms with Crippen LogP contribution in [0.5, 0.6) is 0 Å². The molecule has 0 heterocycles. The van der Waals surface area contributed by atoms with Crippen molar-refractivity contribution in [1.29, 1.82) is 0 Å². The van der Waals surface area contributed by atoms with E-state index < -0.39 is 6.10 Å². The predicted octanol–water partition coefficient (Wildman–Crippen LogP) is 24.6. The van der Waals surface area contributed by atoms with E-state index in [1.165, 1.54) is 193 Å². The van der Waals surface area contributed by atoms with E-state index in [9.17, 15) is 14.4 Å². The first-order chi connectivity index (χ1) is 41.0. The van der Waals surface area contributed by atoms with Gasteiger partial charge >= 0.3 is 17.9 Å². The zero-order valence-corrected chi connectivity index (χ0v) is 54.7. The molecule has 0 aromatic carbocycles. The summed E-state index contributed by atoms with van der Waals surface area (Å²) in [5.41, 5.74) is 0. The second-order valence-corrected chi connectivity index (χ2v) is 23.4. The van der Waals surface area contributed by atoms with Crippen LogP contribution in [0.4, 0.5) is 0 Å². The Hall–Kier alpha value is -3.93. The average Bonchev–Trinajstić information content (AvgIpc) is 3.50. The minimum absolute atomic E-state index is 0.0900. The van der Waals surface area contributed by atoms with Crippen molar-refractivity contribution in [3.63, 3.8) is 0 Å². The van der Waals surface area contributed by atoms with Crippen molar-refractivity contribution in [3.8, 4) is 0 Å². The molecule has 0 saturated heterocycles. The molecule has 1 atom stereocenters. The Morgan fingerprint density at radius 2 is 0.470 bits per heavy atom. The monoisotopic (exact) mass is 1150 g/mol. The van der Waals surface area contributed by atoms with Gasteiger partial charge in [-0.25, -0.2) is 0 Å². The molecule has 83 heavy (non-hydrogen) atoms. The first kappa shape index (κ1) is 79.1. The van der Waals surface area contributed by atoms with E-state index in [0.717, 1.165) is 109 Å². The van der Waals surface area contributed by atoms with E-state index in [2.05, 4.69) is 130 Å². The van der Waals surface area contributed by atoms with Crippen molar-refractivity contribution in [2.45, 2.75) is 348 Å². The molecule has 0 fully saturated rings. The fraction of sp³-hybridized carbons (Fsp3) is 0.727. The number of allylic oxidation sites excluding steroid dienone is 18. The van der Waals surface area contributed by atoms with Gasteiger partial charge in [-0.15, -0.1) is 0 Å². The molecule has 0 rings (SSSR count). The van der Waals surface area contributed by atoms with Gasteiger partial charge in [-0.2, -0.15) is 0 Å². The first-order valence-corrected chi connectivity index (χ1v) is 35.4. The van der Waals surface area contributed by atoms with E-state index in [0.29, 0.717) is 19.3 Å². The van der Waals surface area contributed by atoms with Crippen LogP contribution in [-0.4, -0.2) is 37.2 Å². The Bertz CT molecular complexity index is 1660. The Labute approximate surface area is 514 Å². The molecule has 0 radical (unpaired) electrons.